The summed E-state index contributed by atoms with van der Waals surface area (Å²) in [6.07, 6.45) is 6.87. The molecule has 25 heavy (non-hydrogen) atoms. The summed E-state index contributed by atoms with van der Waals surface area (Å²) in [7, 11) is 0. The third-order valence-corrected chi connectivity index (χ3v) is 5.07. The van der Waals surface area contributed by atoms with Crippen LogP contribution >= 0.6 is 0 Å². The number of hydrogen-bond acceptors (Lipinski definition) is 2. The topological polar surface area (TPSA) is 18.5 Å². The lowest BCUT2D eigenvalue weighted by molar-refractivity contribution is -0.162. The molecule has 0 saturated carbocycles. The largest absolute Gasteiger partial charge is 0.353 e. The standard InChI is InChI=1S/C23H26O2/c1-2-9-20-17-22-15-18(11-12-21(22)16-19(20)8-1)7-3-5-13-24-23-10-4-6-14-25-23/h1-2,8-9,11-12,15-17,23H,3-7,10,13-14H2. The molecule has 0 bridgehead atoms. The van der Waals surface area contributed by atoms with Crippen LogP contribution in [0, 0.1) is 0 Å². The van der Waals surface area contributed by atoms with Crippen molar-refractivity contribution in [2.45, 2.75) is 44.8 Å². The number of aryl methyl sites for hydroxylation is 1. The maximum absolute atomic E-state index is 5.82. The fourth-order valence-corrected chi connectivity index (χ4v) is 3.63. The molecule has 1 fully saturated rings. The van der Waals surface area contributed by atoms with Gasteiger partial charge in [-0.25, -0.2) is 0 Å². The van der Waals surface area contributed by atoms with Crippen molar-refractivity contribution in [3.05, 3.63) is 60.2 Å². The van der Waals surface area contributed by atoms with Crippen LogP contribution in [-0.2, 0) is 15.9 Å². The van der Waals surface area contributed by atoms with Gasteiger partial charge in [0.15, 0.2) is 6.29 Å². The first-order valence-corrected chi connectivity index (χ1v) is 9.53. The Bertz CT molecular complexity index is 834. The minimum Gasteiger partial charge on any atom is -0.353 e. The van der Waals surface area contributed by atoms with Crippen LogP contribution in [0.1, 0.15) is 37.7 Å². The molecule has 0 spiro atoms. The maximum Gasteiger partial charge on any atom is 0.157 e. The second-order valence-electron chi connectivity index (χ2n) is 7.00. The molecule has 0 aromatic heterocycles. The van der Waals surface area contributed by atoms with Crippen molar-refractivity contribution in [2.24, 2.45) is 0 Å². The van der Waals surface area contributed by atoms with Crippen LogP contribution in [0.15, 0.2) is 54.6 Å². The molecule has 1 aliphatic heterocycles. The third-order valence-electron chi connectivity index (χ3n) is 5.07. The average Bonchev–Trinajstić information content (AvgIpc) is 2.67. The van der Waals surface area contributed by atoms with Gasteiger partial charge in [0.2, 0.25) is 0 Å². The van der Waals surface area contributed by atoms with Crippen LogP contribution < -0.4 is 0 Å². The minimum absolute atomic E-state index is 0.0442. The van der Waals surface area contributed by atoms with E-state index in [2.05, 4.69) is 54.6 Å². The number of rotatable bonds is 6. The van der Waals surface area contributed by atoms with E-state index in [-0.39, 0.29) is 6.29 Å². The van der Waals surface area contributed by atoms with Gasteiger partial charge in [-0.05, 0) is 77.8 Å². The van der Waals surface area contributed by atoms with Gasteiger partial charge in [0.1, 0.15) is 0 Å². The van der Waals surface area contributed by atoms with Gasteiger partial charge in [0, 0.05) is 13.2 Å². The van der Waals surface area contributed by atoms with E-state index in [4.69, 9.17) is 9.47 Å². The summed E-state index contributed by atoms with van der Waals surface area (Å²) < 4.78 is 11.4. The summed E-state index contributed by atoms with van der Waals surface area (Å²) in [5, 5.41) is 5.28. The molecule has 1 saturated heterocycles. The Hall–Kier alpha value is -1.90. The minimum atomic E-state index is 0.0442. The van der Waals surface area contributed by atoms with E-state index in [0.29, 0.717) is 0 Å². The Labute approximate surface area is 149 Å². The molecule has 3 aromatic carbocycles. The molecule has 1 atom stereocenters. The zero-order chi connectivity index (χ0) is 16.9. The van der Waals surface area contributed by atoms with E-state index in [0.717, 1.165) is 38.9 Å². The highest BCUT2D eigenvalue weighted by Gasteiger charge is 2.13. The van der Waals surface area contributed by atoms with Crippen LogP contribution in [-0.4, -0.2) is 19.5 Å². The summed E-state index contributed by atoms with van der Waals surface area (Å²) in [6.45, 7) is 1.67. The molecule has 1 unspecified atom stereocenters. The van der Waals surface area contributed by atoms with Gasteiger partial charge in [-0.2, -0.15) is 0 Å². The van der Waals surface area contributed by atoms with Gasteiger partial charge in [-0.3, -0.25) is 0 Å². The van der Waals surface area contributed by atoms with Gasteiger partial charge in [-0.1, -0.05) is 42.5 Å². The number of hydrogen-bond donors (Lipinski definition) is 0. The molecule has 3 aromatic rings. The zero-order valence-electron chi connectivity index (χ0n) is 14.7. The Balaban J connectivity index is 1.32. The van der Waals surface area contributed by atoms with Crippen LogP contribution in [0.5, 0.6) is 0 Å². The van der Waals surface area contributed by atoms with E-state index in [1.54, 1.807) is 0 Å². The molecule has 2 heteroatoms. The van der Waals surface area contributed by atoms with Gasteiger partial charge in [-0.15, -0.1) is 0 Å². The Kier molecular flexibility index (Phi) is 5.29. The number of unbranched alkanes of at least 4 members (excludes halogenated alkanes) is 1. The smallest absolute Gasteiger partial charge is 0.157 e. The van der Waals surface area contributed by atoms with Gasteiger partial charge in [0.25, 0.3) is 0 Å². The first kappa shape index (κ1) is 16.6. The van der Waals surface area contributed by atoms with Crippen molar-refractivity contribution in [2.75, 3.05) is 13.2 Å². The molecule has 0 radical (unpaired) electrons. The maximum atomic E-state index is 5.82. The Morgan fingerprint density at radius 1 is 0.840 bits per heavy atom. The lowest BCUT2D eigenvalue weighted by Crippen LogP contribution is -2.22. The summed E-state index contributed by atoms with van der Waals surface area (Å²) in [4.78, 5) is 0. The molecule has 0 amide bonds. The highest BCUT2D eigenvalue weighted by Crippen LogP contribution is 2.24. The van der Waals surface area contributed by atoms with E-state index >= 15 is 0 Å². The quantitative estimate of drug-likeness (QED) is 0.415. The van der Waals surface area contributed by atoms with Crippen molar-refractivity contribution < 1.29 is 9.47 Å². The lowest BCUT2D eigenvalue weighted by Gasteiger charge is -2.22. The Morgan fingerprint density at radius 3 is 2.44 bits per heavy atom. The van der Waals surface area contributed by atoms with E-state index in [1.165, 1.54) is 39.9 Å². The summed E-state index contributed by atoms with van der Waals surface area (Å²) in [5.74, 6) is 0. The fraction of sp³-hybridized carbons (Fsp3) is 0.391. The molecule has 1 heterocycles. The normalized spacial score (nSPS) is 18.0. The molecule has 1 aliphatic rings. The monoisotopic (exact) mass is 334 g/mol. The second-order valence-corrected chi connectivity index (χ2v) is 7.00. The van der Waals surface area contributed by atoms with E-state index in [9.17, 15) is 0 Å². The van der Waals surface area contributed by atoms with Crippen LogP contribution in [0.3, 0.4) is 0 Å². The number of ether oxygens (including phenoxy) is 2. The van der Waals surface area contributed by atoms with Crippen molar-refractivity contribution >= 4 is 21.5 Å². The van der Waals surface area contributed by atoms with E-state index in [1.807, 2.05) is 0 Å². The molecule has 4 rings (SSSR count). The fourth-order valence-electron chi connectivity index (χ4n) is 3.63. The average molecular weight is 334 g/mol. The van der Waals surface area contributed by atoms with Crippen LogP contribution in [0.4, 0.5) is 0 Å². The van der Waals surface area contributed by atoms with Crippen molar-refractivity contribution in [1.29, 1.82) is 0 Å². The van der Waals surface area contributed by atoms with Gasteiger partial charge >= 0.3 is 0 Å². The first-order chi connectivity index (χ1) is 12.4. The highest BCUT2D eigenvalue weighted by atomic mass is 16.7. The molecule has 0 N–H and O–H groups in total. The van der Waals surface area contributed by atoms with Crippen LogP contribution in [0.2, 0.25) is 0 Å². The number of benzene rings is 3. The molecular weight excluding hydrogens is 308 g/mol. The van der Waals surface area contributed by atoms with Gasteiger partial charge < -0.3 is 9.47 Å². The summed E-state index contributed by atoms with van der Waals surface area (Å²) in [6, 6.07) is 20.0. The summed E-state index contributed by atoms with van der Waals surface area (Å²) in [5.41, 5.74) is 1.41. The van der Waals surface area contributed by atoms with Crippen molar-refractivity contribution in [3.63, 3.8) is 0 Å². The van der Waals surface area contributed by atoms with Crippen LogP contribution in [0.25, 0.3) is 21.5 Å². The SMILES string of the molecule is c1ccc2cc3cc(CCCCOC4CCCCO4)ccc3cc2c1. The predicted octanol–water partition coefficient (Wildman–Crippen LogP) is 5.86. The van der Waals surface area contributed by atoms with Gasteiger partial charge in [0.05, 0.1) is 0 Å². The molecule has 2 nitrogen and oxygen atoms in total. The predicted molar refractivity (Wildman–Crippen MR) is 104 cm³/mol. The molecule has 130 valence electrons. The molecular formula is C23H26O2. The molecule has 0 aliphatic carbocycles. The van der Waals surface area contributed by atoms with E-state index < -0.39 is 0 Å². The number of fused-ring (bicyclic) bond motifs is 2. The van der Waals surface area contributed by atoms with Crippen molar-refractivity contribution in [1.82, 2.24) is 0 Å². The third kappa shape index (κ3) is 4.20. The lowest BCUT2D eigenvalue weighted by atomic mass is 10.00. The zero-order valence-corrected chi connectivity index (χ0v) is 14.7. The first-order valence-electron chi connectivity index (χ1n) is 9.53. The van der Waals surface area contributed by atoms with Crippen molar-refractivity contribution in [3.8, 4) is 0 Å². The summed E-state index contributed by atoms with van der Waals surface area (Å²) >= 11 is 0. The second kappa shape index (κ2) is 7.99. The Morgan fingerprint density at radius 2 is 1.64 bits per heavy atom. The highest BCUT2D eigenvalue weighted by molar-refractivity contribution is 5.98.